The van der Waals surface area contributed by atoms with Crippen LogP contribution in [-0.2, 0) is 11.3 Å². The first-order chi connectivity index (χ1) is 6.75. The van der Waals surface area contributed by atoms with Gasteiger partial charge in [-0.2, -0.15) is 0 Å². The van der Waals surface area contributed by atoms with Gasteiger partial charge in [0, 0.05) is 0 Å². The number of hydrogen-bond acceptors (Lipinski definition) is 3. The van der Waals surface area contributed by atoms with E-state index in [0.717, 1.165) is 12.8 Å². The zero-order valence-electron chi connectivity index (χ0n) is 7.73. The molecule has 1 aromatic rings. The van der Waals surface area contributed by atoms with Gasteiger partial charge in [0.15, 0.2) is 0 Å². The third kappa shape index (κ3) is 1.96. The Labute approximate surface area is 81.5 Å². The van der Waals surface area contributed by atoms with E-state index in [1.54, 1.807) is 6.07 Å². The Bertz CT molecular complexity index is 325. The fraction of sp³-hybridized carbons (Fsp3) is 0.500. The maximum absolute atomic E-state index is 10.5. The summed E-state index contributed by atoms with van der Waals surface area (Å²) in [5.41, 5.74) is 0. The summed E-state index contributed by atoms with van der Waals surface area (Å²) in [4.78, 5) is 10.5. The van der Waals surface area contributed by atoms with Crippen LogP contribution in [0.4, 0.5) is 0 Å². The molecule has 1 N–H and O–H groups in total. The number of ether oxygens (including phenoxy) is 1. The average Bonchev–Trinajstić information content (AvgIpc) is 2.50. The molecule has 1 aliphatic rings. The Kier molecular flexibility index (Phi) is 2.54. The largest absolute Gasteiger partial charge is 0.475 e. The minimum Gasteiger partial charge on any atom is -0.475 e. The monoisotopic (exact) mass is 196 g/mol. The van der Waals surface area contributed by atoms with Crippen molar-refractivity contribution in [3.05, 3.63) is 23.7 Å². The van der Waals surface area contributed by atoms with Crippen LogP contribution in [0.1, 0.15) is 35.6 Å². The molecule has 4 nitrogen and oxygen atoms in total. The van der Waals surface area contributed by atoms with Crippen molar-refractivity contribution in [2.75, 3.05) is 0 Å². The van der Waals surface area contributed by atoms with E-state index in [4.69, 9.17) is 14.3 Å². The van der Waals surface area contributed by atoms with Gasteiger partial charge in [-0.25, -0.2) is 4.79 Å². The van der Waals surface area contributed by atoms with Gasteiger partial charge < -0.3 is 14.3 Å². The molecule has 1 saturated carbocycles. The van der Waals surface area contributed by atoms with Crippen molar-refractivity contribution in [1.29, 1.82) is 0 Å². The molecular weight excluding hydrogens is 184 g/mol. The summed E-state index contributed by atoms with van der Waals surface area (Å²) >= 11 is 0. The normalized spacial score (nSPS) is 16.6. The van der Waals surface area contributed by atoms with Crippen LogP contribution >= 0.6 is 0 Å². The number of carboxylic acid groups (broad SMARTS) is 1. The molecule has 0 aliphatic heterocycles. The highest BCUT2D eigenvalue weighted by Crippen LogP contribution is 2.23. The minimum absolute atomic E-state index is 0.0304. The predicted molar refractivity (Wildman–Crippen MR) is 48.1 cm³/mol. The van der Waals surface area contributed by atoms with Crippen molar-refractivity contribution in [1.82, 2.24) is 0 Å². The summed E-state index contributed by atoms with van der Waals surface area (Å²) < 4.78 is 10.5. The molecule has 1 aliphatic carbocycles. The zero-order valence-corrected chi connectivity index (χ0v) is 7.73. The van der Waals surface area contributed by atoms with E-state index in [1.165, 1.54) is 12.5 Å². The van der Waals surface area contributed by atoms with Crippen LogP contribution in [0, 0.1) is 0 Å². The molecule has 4 heteroatoms. The molecule has 0 saturated heterocycles. The van der Waals surface area contributed by atoms with Crippen molar-refractivity contribution >= 4 is 5.97 Å². The van der Waals surface area contributed by atoms with Gasteiger partial charge in [0.2, 0.25) is 5.76 Å². The van der Waals surface area contributed by atoms with E-state index in [1.807, 2.05) is 0 Å². The van der Waals surface area contributed by atoms with Gasteiger partial charge in [0.05, 0.1) is 6.10 Å². The van der Waals surface area contributed by atoms with Crippen LogP contribution in [-0.4, -0.2) is 17.2 Å². The maximum atomic E-state index is 10.5. The van der Waals surface area contributed by atoms with Crippen LogP contribution in [0.5, 0.6) is 0 Å². The van der Waals surface area contributed by atoms with Gasteiger partial charge in [-0.1, -0.05) is 0 Å². The Balaban J connectivity index is 1.86. The Morgan fingerprint density at radius 2 is 2.36 bits per heavy atom. The second-order valence-electron chi connectivity index (χ2n) is 3.44. The van der Waals surface area contributed by atoms with Gasteiger partial charge in [-0.05, 0) is 31.4 Å². The first-order valence-corrected chi connectivity index (χ1v) is 4.69. The highest BCUT2D eigenvalue weighted by molar-refractivity contribution is 5.84. The lowest BCUT2D eigenvalue weighted by Gasteiger charge is -2.24. The van der Waals surface area contributed by atoms with Gasteiger partial charge >= 0.3 is 5.97 Å². The van der Waals surface area contributed by atoms with Crippen molar-refractivity contribution in [3.8, 4) is 0 Å². The molecule has 0 radical (unpaired) electrons. The quantitative estimate of drug-likeness (QED) is 0.800. The number of aromatic carboxylic acids is 1. The summed E-state index contributed by atoms with van der Waals surface area (Å²) in [6, 6.07) is 3.09. The summed E-state index contributed by atoms with van der Waals surface area (Å²) in [7, 11) is 0. The van der Waals surface area contributed by atoms with Gasteiger partial charge in [-0.3, -0.25) is 0 Å². The van der Waals surface area contributed by atoms with Gasteiger partial charge in [-0.15, -0.1) is 0 Å². The number of furan rings is 1. The van der Waals surface area contributed by atoms with E-state index < -0.39 is 5.97 Å². The molecule has 0 amide bonds. The van der Waals surface area contributed by atoms with E-state index in [-0.39, 0.29) is 5.76 Å². The average molecular weight is 196 g/mol. The van der Waals surface area contributed by atoms with Crippen LogP contribution in [0.2, 0.25) is 0 Å². The molecule has 0 aromatic carbocycles. The zero-order chi connectivity index (χ0) is 9.97. The molecule has 0 bridgehead atoms. The van der Waals surface area contributed by atoms with E-state index in [0.29, 0.717) is 18.5 Å². The van der Waals surface area contributed by atoms with Crippen molar-refractivity contribution in [2.24, 2.45) is 0 Å². The number of carbonyl (C=O) groups is 1. The third-order valence-electron chi connectivity index (χ3n) is 2.39. The summed E-state index contributed by atoms with van der Waals surface area (Å²) in [6.07, 6.45) is 3.77. The molecular formula is C10H12O4. The molecule has 0 atom stereocenters. The maximum Gasteiger partial charge on any atom is 0.371 e. The number of hydrogen-bond donors (Lipinski definition) is 1. The molecule has 0 unspecified atom stereocenters. The SMILES string of the molecule is O=C(O)c1ccc(COC2CCC2)o1. The number of rotatable bonds is 4. The number of carboxylic acids is 1. The molecule has 2 rings (SSSR count). The molecule has 1 aromatic heterocycles. The second kappa shape index (κ2) is 3.84. The fourth-order valence-electron chi connectivity index (χ4n) is 1.31. The highest BCUT2D eigenvalue weighted by atomic mass is 16.5. The lowest BCUT2D eigenvalue weighted by molar-refractivity contribution is -0.0160. The first kappa shape index (κ1) is 9.27. The molecule has 14 heavy (non-hydrogen) atoms. The highest BCUT2D eigenvalue weighted by Gasteiger charge is 2.18. The van der Waals surface area contributed by atoms with Crippen LogP contribution < -0.4 is 0 Å². The van der Waals surface area contributed by atoms with Crippen molar-refractivity contribution in [2.45, 2.75) is 32.0 Å². The summed E-state index contributed by atoms with van der Waals surface area (Å²) in [5.74, 6) is -0.494. The van der Waals surface area contributed by atoms with E-state index >= 15 is 0 Å². The minimum atomic E-state index is -1.04. The van der Waals surface area contributed by atoms with Crippen molar-refractivity contribution in [3.63, 3.8) is 0 Å². The summed E-state index contributed by atoms with van der Waals surface area (Å²) in [6.45, 7) is 0.373. The topological polar surface area (TPSA) is 59.7 Å². The van der Waals surface area contributed by atoms with Crippen LogP contribution in [0.15, 0.2) is 16.5 Å². The molecule has 0 spiro atoms. The summed E-state index contributed by atoms with van der Waals surface area (Å²) in [5, 5.41) is 8.60. The Hall–Kier alpha value is -1.29. The Morgan fingerprint density at radius 3 is 2.86 bits per heavy atom. The van der Waals surface area contributed by atoms with E-state index in [9.17, 15) is 4.79 Å². The first-order valence-electron chi connectivity index (χ1n) is 4.69. The van der Waals surface area contributed by atoms with Gasteiger partial charge in [0.1, 0.15) is 12.4 Å². The second-order valence-corrected chi connectivity index (χ2v) is 3.44. The standard InChI is InChI=1S/C10H12O4/c11-10(12)9-5-4-8(14-9)6-13-7-2-1-3-7/h4-5,7H,1-3,6H2,(H,11,12). The van der Waals surface area contributed by atoms with Crippen LogP contribution in [0.25, 0.3) is 0 Å². The lowest BCUT2D eigenvalue weighted by Crippen LogP contribution is -2.20. The van der Waals surface area contributed by atoms with Gasteiger partial charge in [0.25, 0.3) is 0 Å². The van der Waals surface area contributed by atoms with Crippen LogP contribution in [0.3, 0.4) is 0 Å². The molecule has 76 valence electrons. The van der Waals surface area contributed by atoms with E-state index in [2.05, 4.69) is 0 Å². The third-order valence-corrected chi connectivity index (χ3v) is 2.39. The predicted octanol–water partition coefficient (Wildman–Crippen LogP) is 2.05. The lowest BCUT2D eigenvalue weighted by atomic mass is 9.96. The Morgan fingerprint density at radius 1 is 1.57 bits per heavy atom. The fourth-order valence-corrected chi connectivity index (χ4v) is 1.31. The van der Waals surface area contributed by atoms with Crippen molar-refractivity contribution < 1.29 is 19.1 Å². The molecule has 1 heterocycles. The molecule has 1 fully saturated rings. The smallest absolute Gasteiger partial charge is 0.371 e.